The summed E-state index contributed by atoms with van der Waals surface area (Å²) in [5, 5.41) is 10.1. The van der Waals surface area contributed by atoms with Gasteiger partial charge in [0.05, 0.1) is 0 Å². The summed E-state index contributed by atoms with van der Waals surface area (Å²) in [5.41, 5.74) is 4.47. The average molecular weight is 464 g/mol. The average Bonchev–Trinajstić information content (AvgIpc) is 3.12. The normalized spacial score (nSPS) is 18.9. The van der Waals surface area contributed by atoms with E-state index < -0.39 is 0 Å². The summed E-state index contributed by atoms with van der Waals surface area (Å²) in [6, 6.07) is 16.6. The fraction of sp³-hybridized carbons (Fsp3) is 0.423. The molecule has 2 unspecified atom stereocenters. The Morgan fingerprint density at radius 3 is 2.52 bits per heavy atom. The molecule has 0 radical (unpaired) electrons. The van der Waals surface area contributed by atoms with Crippen molar-refractivity contribution < 1.29 is 4.79 Å². The molecule has 2 atom stereocenters. The summed E-state index contributed by atoms with van der Waals surface area (Å²) in [7, 11) is 0. The number of aromatic amines is 1. The Morgan fingerprint density at radius 1 is 1.12 bits per heavy atom. The largest absolute Gasteiger partial charge is 0.350 e. The highest BCUT2D eigenvalue weighted by atomic mass is 32.1. The highest BCUT2D eigenvalue weighted by Gasteiger charge is 2.21. The van der Waals surface area contributed by atoms with Crippen LogP contribution < -0.4 is 5.32 Å². The molecule has 0 aliphatic carbocycles. The first-order valence-electron chi connectivity index (χ1n) is 11.7. The molecule has 6 nitrogen and oxygen atoms in total. The Balaban J connectivity index is 1.33. The van der Waals surface area contributed by atoms with Gasteiger partial charge in [0, 0.05) is 31.7 Å². The van der Waals surface area contributed by atoms with Crippen molar-refractivity contribution in [1.29, 1.82) is 0 Å². The third-order valence-corrected chi connectivity index (χ3v) is 6.51. The van der Waals surface area contributed by atoms with Crippen LogP contribution in [0.1, 0.15) is 37.0 Å². The van der Waals surface area contributed by atoms with Crippen molar-refractivity contribution in [3.8, 4) is 11.4 Å². The van der Waals surface area contributed by atoms with E-state index in [1.54, 1.807) is 4.57 Å². The van der Waals surface area contributed by atoms with Crippen LogP contribution in [0, 0.1) is 23.5 Å². The smallest absolute Gasteiger partial charge is 0.240 e. The van der Waals surface area contributed by atoms with Gasteiger partial charge in [-0.05, 0) is 54.6 Å². The van der Waals surface area contributed by atoms with Gasteiger partial charge in [0.2, 0.25) is 5.91 Å². The second kappa shape index (κ2) is 10.4. The molecule has 2 aromatic carbocycles. The second-order valence-electron chi connectivity index (χ2n) is 9.54. The summed E-state index contributed by atoms with van der Waals surface area (Å²) in [6.45, 7) is 10.7. The van der Waals surface area contributed by atoms with Gasteiger partial charge in [-0.15, -0.1) is 0 Å². The number of likely N-dealkylation sites (tertiary alicyclic amines) is 1. The molecule has 1 fully saturated rings. The maximum absolute atomic E-state index is 12.7. The van der Waals surface area contributed by atoms with Gasteiger partial charge in [0.15, 0.2) is 10.6 Å². The van der Waals surface area contributed by atoms with Crippen molar-refractivity contribution in [2.45, 2.75) is 46.8 Å². The minimum atomic E-state index is -0.0956. The Bertz CT molecular complexity index is 1140. The summed E-state index contributed by atoms with van der Waals surface area (Å²) in [6.07, 6.45) is 1.33. The molecule has 174 valence electrons. The SMILES string of the molecule is Cc1cccc(-c2n[nH]c(=S)n2CC(=O)NCc2ccc(CN3CC(C)CC(C)C3)cc2)c1. The van der Waals surface area contributed by atoms with E-state index in [0.717, 1.165) is 35.1 Å². The van der Waals surface area contributed by atoms with Crippen LogP contribution in [0.4, 0.5) is 0 Å². The number of benzene rings is 2. The van der Waals surface area contributed by atoms with Crippen molar-refractivity contribution in [2.75, 3.05) is 13.1 Å². The molecular formula is C26H33N5OS. The monoisotopic (exact) mass is 463 g/mol. The number of aromatic nitrogens is 3. The molecule has 1 aliphatic heterocycles. The van der Waals surface area contributed by atoms with E-state index in [-0.39, 0.29) is 12.5 Å². The third-order valence-electron chi connectivity index (χ3n) is 6.20. The van der Waals surface area contributed by atoms with Gasteiger partial charge >= 0.3 is 0 Å². The minimum Gasteiger partial charge on any atom is -0.350 e. The number of hydrogen-bond acceptors (Lipinski definition) is 4. The zero-order valence-corrected chi connectivity index (χ0v) is 20.5. The van der Waals surface area contributed by atoms with Gasteiger partial charge in [-0.25, -0.2) is 0 Å². The number of nitrogens with one attached hydrogen (secondary N) is 2. The standard InChI is InChI=1S/C26H33N5OS/c1-18-5-4-6-23(12-18)25-28-29-26(33)31(25)17-24(32)27-13-21-7-9-22(10-8-21)16-30-14-19(2)11-20(3)15-30/h4-10,12,19-20H,11,13-17H2,1-3H3,(H,27,32)(H,29,33). The Labute approximate surface area is 201 Å². The molecule has 1 saturated heterocycles. The fourth-order valence-corrected chi connectivity index (χ4v) is 5.01. The van der Waals surface area contributed by atoms with Crippen molar-refractivity contribution in [3.05, 3.63) is 70.0 Å². The van der Waals surface area contributed by atoms with Gasteiger partial charge in [-0.1, -0.05) is 61.9 Å². The first-order chi connectivity index (χ1) is 15.9. The van der Waals surface area contributed by atoms with Gasteiger partial charge in [-0.2, -0.15) is 5.10 Å². The van der Waals surface area contributed by atoms with Crippen molar-refractivity contribution in [3.63, 3.8) is 0 Å². The van der Waals surface area contributed by atoms with Crippen LogP contribution in [-0.2, 0) is 24.4 Å². The minimum absolute atomic E-state index is 0.0956. The van der Waals surface area contributed by atoms with Crippen LogP contribution in [-0.4, -0.2) is 38.7 Å². The number of aryl methyl sites for hydroxylation is 1. The second-order valence-corrected chi connectivity index (χ2v) is 9.93. The van der Waals surface area contributed by atoms with E-state index in [4.69, 9.17) is 12.2 Å². The van der Waals surface area contributed by atoms with E-state index in [9.17, 15) is 4.79 Å². The molecule has 7 heteroatoms. The van der Waals surface area contributed by atoms with E-state index in [1.165, 1.54) is 25.1 Å². The molecule has 33 heavy (non-hydrogen) atoms. The van der Waals surface area contributed by atoms with Crippen molar-refractivity contribution in [2.24, 2.45) is 11.8 Å². The van der Waals surface area contributed by atoms with Crippen molar-refractivity contribution in [1.82, 2.24) is 25.0 Å². The first-order valence-corrected chi connectivity index (χ1v) is 12.1. The highest BCUT2D eigenvalue weighted by molar-refractivity contribution is 7.71. The van der Waals surface area contributed by atoms with E-state index in [1.807, 2.05) is 31.2 Å². The Kier molecular flexibility index (Phi) is 7.40. The number of nitrogens with zero attached hydrogens (tertiary/aromatic N) is 3. The summed E-state index contributed by atoms with van der Waals surface area (Å²) in [4.78, 5) is 15.2. The van der Waals surface area contributed by atoms with E-state index in [0.29, 0.717) is 17.1 Å². The summed E-state index contributed by atoms with van der Waals surface area (Å²) >= 11 is 5.36. The van der Waals surface area contributed by atoms with Crippen LogP contribution in [0.25, 0.3) is 11.4 Å². The van der Waals surface area contributed by atoms with Crippen LogP contribution >= 0.6 is 12.2 Å². The lowest BCUT2D eigenvalue weighted by Crippen LogP contribution is -2.38. The molecule has 2 N–H and O–H groups in total. The fourth-order valence-electron chi connectivity index (χ4n) is 4.81. The molecule has 4 rings (SSSR count). The Morgan fingerprint density at radius 2 is 1.82 bits per heavy atom. The third kappa shape index (κ3) is 6.18. The molecule has 0 saturated carbocycles. The van der Waals surface area contributed by atoms with Crippen molar-refractivity contribution >= 4 is 18.1 Å². The van der Waals surface area contributed by atoms with E-state index >= 15 is 0 Å². The molecule has 1 amide bonds. The van der Waals surface area contributed by atoms with E-state index in [2.05, 4.69) is 58.5 Å². The van der Waals surface area contributed by atoms with Gasteiger partial charge < -0.3 is 5.32 Å². The predicted octanol–water partition coefficient (Wildman–Crippen LogP) is 4.71. The molecule has 1 aliphatic rings. The number of carbonyl (C=O) groups is 1. The van der Waals surface area contributed by atoms with Crippen LogP contribution in [0.2, 0.25) is 0 Å². The molecule has 0 bridgehead atoms. The lowest BCUT2D eigenvalue weighted by Gasteiger charge is -2.35. The van der Waals surface area contributed by atoms with Crippen LogP contribution in [0.5, 0.6) is 0 Å². The summed E-state index contributed by atoms with van der Waals surface area (Å²) in [5.74, 6) is 2.10. The Hall–Kier alpha value is -2.77. The lowest BCUT2D eigenvalue weighted by molar-refractivity contribution is -0.121. The zero-order chi connectivity index (χ0) is 23.4. The maximum Gasteiger partial charge on any atom is 0.240 e. The number of amides is 1. The molecule has 0 spiro atoms. The van der Waals surface area contributed by atoms with Gasteiger partial charge in [0.25, 0.3) is 0 Å². The lowest BCUT2D eigenvalue weighted by atomic mass is 9.91. The summed E-state index contributed by atoms with van der Waals surface area (Å²) < 4.78 is 2.18. The van der Waals surface area contributed by atoms with Crippen LogP contribution in [0.15, 0.2) is 48.5 Å². The van der Waals surface area contributed by atoms with Gasteiger partial charge in [-0.3, -0.25) is 19.4 Å². The first kappa shape index (κ1) is 23.4. The number of hydrogen-bond donors (Lipinski definition) is 2. The molecule has 1 aromatic heterocycles. The topological polar surface area (TPSA) is 66.0 Å². The highest BCUT2D eigenvalue weighted by Crippen LogP contribution is 2.22. The number of piperidine rings is 1. The molecular weight excluding hydrogens is 430 g/mol. The maximum atomic E-state index is 12.7. The molecule has 2 heterocycles. The zero-order valence-electron chi connectivity index (χ0n) is 19.7. The quantitative estimate of drug-likeness (QED) is 0.498. The van der Waals surface area contributed by atoms with Gasteiger partial charge in [0.1, 0.15) is 6.54 Å². The number of H-pyrrole nitrogens is 1. The molecule has 3 aromatic rings. The van der Waals surface area contributed by atoms with Crippen LogP contribution in [0.3, 0.4) is 0 Å². The number of rotatable bonds is 7. The predicted molar refractivity (Wildman–Crippen MR) is 134 cm³/mol. The number of carbonyl (C=O) groups excluding carboxylic acids is 1.